The molecule has 0 bridgehead atoms. The summed E-state index contributed by atoms with van der Waals surface area (Å²) in [7, 11) is 0. The highest BCUT2D eigenvalue weighted by atomic mass is 16.2. The molecule has 0 heterocycles. The Labute approximate surface area is 262 Å². The van der Waals surface area contributed by atoms with Crippen LogP contribution < -0.4 is 11.1 Å². The van der Waals surface area contributed by atoms with E-state index in [1.165, 1.54) is 55.2 Å². The standard InChI is InChI=1S/C40H60N2O/c1-26(2)29-16-21-40(35(43)42-25-9-24-41)23-22-38(7)31(34(29)40)14-15-33-37(6)19-17-30(28-12-10-27(3)11-13-28)36(4,5)32(37)18-20-39(33,38)8/h10-13,17,29,31-34H,1,9,14-16,18-25,41H2,2-8H3,(H,42,43)/t29-,31+,32-,33+,34+,37-,38+,39+,40-/m0/s1. The predicted molar refractivity (Wildman–Crippen MR) is 180 cm³/mol. The largest absolute Gasteiger partial charge is 0.356 e. The Kier molecular flexibility index (Phi) is 7.67. The molecule has 5 aliphatic carbocycles. The van der Waals surface area contributed by atoms with E-state index in [0.29, 0.717) is 54.0 Å². The molecule has 3 nitrogen and oxygen atoms in total. The minimum atomic E-state index is -0.231. The lowest BCUT2D eigenvalue weighted by molar-refractivity contribution is -0.225. The summed E-state index contributed by atoms with van der Waals surface area (Å²) >= 11 is 0. The number of hydrogen-bond acceptors (Lipinski definition) is 2. The van der Waals surface area contributed by atoms with Crippen molar-refractivity contribution in [1.29, 1.82) is 0 Å². The van der Waals surface area contributed by atoms with Gasteiger partial charge in [-0.05, 0) is 147 Å². The number of nitrogens with one attached hydrogen (secondary N) is 1. The van der Waals surface area contributed by atoms with Crippen LogP contribution in [0.3, 0.4) is 0 Å². The summed E-state index contributed by atoms with van der Waals surface area (Å²) in [6, 6.07) is 9.27. The van der Waals surface area contributed by atoms with E-state index in [4.69, 9.17) is 5.73 Å². The highest BCUT2D eigenvalue weighted by Gasteiger charge is 2.71. The van der Waals surface area contributed by atoms with E-state index in [1.807, 2.05) is 0 Å². The quantitative estimate of drug-likeness (QED) is 0.259. The van der Waals surface area contributed by atoms with E-state index in [0.717, 1.165) is 25.7 Å². The van der Waals surface area contributed by atoms with E-state index in [-0.39, 0.29) is 21.7 Å². The molecular formula is C40H60N2O. The third-order valence-electron chi connectivity index (χ3n) is 15.1. The van der Waals surface area contributed by atoms with Crippen LogP contribution in [0.5, 0.6) is 0 Å². The Hall–Kier alpha value is -1.87. The van der Waals surface area contributed by atoms with Crippen molar-refractivity contribution >= 4 is 11.5 Å². The number of rotatable bonds is 6. The third-order valence-corrected chi connectivity index (χ3v) is 15.1. The summed E-state index contributed by atoms with van der Waals surface area (Å²) in [4.78, 5) is 14.1. The van der Waals surface area contributed by atoms with Gasteiger partial charge >= 0.3 is 0 Å². The van der Waals surface area contributed by atoms with Gasteiger partial charge in [-0.15, -0.1) is 0 Å². The molecular weight excluding hydrogens is 524 g/mol. The zero-order valence-electron chi connectivity index (χ0n) is 28.5. The third kappa shape index (κ3) is 4.33. The minimum absolute atomic E-state index is 0.154. The number of amides is 1. The van der Waals surface area contributed by atoms with Crippen LogP contribution in [0.2, 0.25) is 0 Å². The molecule has 0 aliphatic heterocycles. The van der Waals surface area contributed by atoms with Crippen LogP contribution >= 0.6 is 0 Å². The second-order valence-corrected chi connectivity index (χ2v) is 17.1. The molecule has 5 aliphatic rings. The molecule has 0 unspecified atom stereocenters. The summed E-state index contributed by atoms with van der Waals surface area (Å²) in [5.41, 5.74) is 12.2. The SMILES string of the molecule is C=C(C)[C@@H]1CC[C@]2(C(=O)NCCCN)CC[C@]3(C)[C@H](CC[C@@H]4[C@@]5(C)CC=C(c6ccc(C)cc6)C(C)(C)[C@@H]5CC[C@]43C)[C@@H]12. The molecule has 0 saturated heterocycles. The molecule has 4 fully saturated rings. The maximum Gasteiger partial charge on any atom is 0.226 e. The number of fused-ring (bicyclic) bond motifs is 7. The van der Waals surface area contributed by atoms with Crippen LogP contribution in [0.1, 0.15) is 117 Å². The second kappa shape index (κ2) is 10.6. The predicted octanol–water partition coefficient (Wildman–Crippen LogP) is 9.11. The molecule has 0 radical (unpaired) electrons. The summed E-state index contributed by atoms with van der Waals surface area (Å²) in [5, 5.41) is 3.37. The number of carbonyl (C=O) groups excluding carboxylic acids is 1. The molecule has 0 aromatic heterocycles. The van der Waals surface area contributed by atoms with Gasteiger partial charge in [0, 0.05) is 6.54 Å². The Morgan fingerprint density at radius 1 is 0.930 bits per heavy atom. The lowest BCUT2D eigenvalue weighted by Gasteiger charge is -2.72. The van der Waals surface area contributed by atoms with Gasteiger partial charge < -0.3 is 11.1 Å². The lowest BCUT2D eigenvalue weighted by atomic mass is 9.32. The molecule has 9 atom stereocenters. The summed E-state index contributed by atoms with van der Waals surface area (Å²) in [5.74, 6) is 3.19. The average molecular weight is 585 g/mol. The van der Waals surface area contributed by atoms with Crippen molar-refractivity contribution in [3.05, 3.63) is 53.6 Å². The fourth-order valence-electron chi connectivity index (χ4n) is 12.8. The molecule has 3 N–H and O–H groups in total. The summed E-state index contributed by atoms with van der Waals surface area (Å²) in [6.45, 7) is 23.4. The van der Waals surface area contributed by atoms with Gasteiger partial charge in [0.25, 0.3) is 0 Å². The zero-order chi connectivity index (χ0) is 31.0. The van der Waals surface area contributed by atoms with Crippen molar-refractivity contribution in [1.82, 2.24) is 5.32 Å². The molecule has 43 heavy (non-hydrogen) atoms. The Balaban J connectivity index is 1.35. The smallest absolute Gasteiger partial charge is 0.226 e. The van der Waals surface area contributed by atoms with Gasteiger partial charge in [0.05, 0.1) is 5.41 Å². The Morgan fingerprint density at radius 2 is 1.65 bits per heavy atom. The fraction of sp³-hybridized carbons (Fsp3) is 0.725. The highest BCUT2D eigenvalue weighted by Crippen LogP contribution is 2.77. The van der Waals surface area contributed by atoms with Crippen molar-refractivity contribution in [2.45, 2.75) is 113 Å². The Bertz CT molecular complexity index is 1290. The van der Waals surface area contributed by atoms with Crippen molar-refractivity contribution in [3.63, 3.8) is 0 Å². The molecule has 1 amide bonds. The topological polar surface area (TPSA) is 55.1 Å². The van der Waals surface area contributed by atoms with E-state index >= 15 is 0 Å². The molecule has 1 aromatic rings. The summed E-state index contributed by atoms with van der Waals surface area (Å²) < 4.78 is 0. The van der Waals surface area contributed by atoms with Crippen LogP contribution in [-0.2, 0) is 4.79 Å². The van der Waals surface area contributed by atoms with Crippen molar-refractivity contribution in [2.75, 3.05) is 13.1 Å². The molecule has 0 spiro atoms. The lowest BCUT2D eigenvalue weighted by Crippen LogP contribution is -2.66. The number of benzene rings is 1. The van der Waals surface area contributed by atoms with Gasteiger partial charge in [-0.2, -0.15) is 0 Å². The molecule has 1 aromatic carbocycles. The molecule has 3 heteroatoms. The van der Waals surface area contributed by atoms with Gasteiger partial charge in [-0.3, -0.25) is 4.79 Å². The van der Waals surface area contributed by atoms with Crippen molar-refractivity contribution in [3.8, 4) is 0 Å². The fourth-order valence-corrected chi connectivity index (χ4v) is 12.8. The van der Waals surface area contributed by atoms with Crippen LogP contribution in [0.4, 0.5) is 0 Å². The maximum atomic E-state index is 14.1. The van der Waals surface area contributed by atoms with E-state index in [2.05, 4.69) is 90.7 Å². The van der Waals surface area contributed by atoms with Crippen LogP contribution in [-0.4, -0.2) is 19.0 Å². The minimum Gasteiger partial charge on any atom is -0.356 e. The normalized spacial score (nSPS) is 43.0. The van der Waals surface area contributed by atoms with E-state index < -0.39 is 0 Å². The van der Waals surface area contributed by atoms with Crippen LogP contribution in [0, 0.1) is 63.6 Å². The summed E-state index contributed by atoms with van der Waals surface area (Å²) in [6.07, 6.45) is 14.2. The number of nitrogens with two attached hydrogens (primary N) is 1. The van der Waals surface area contributed by atoms with Crippen LogP contribution in [0.15, 0.2) is 42.5 Å². The number of carbonyl (C=O) groups is 1. The van der Waals surface area contributed by atoms with E-state index in [9.17, 15) is 4.79 Å². The monoisotopic (exact) mass is 584 g/mol. The first kappa shape index (κ1) is 31.1. The van der Waals surface area contributed by atoms with Gasteiger partial charge in [0.15, 0.2) is 0 Å². The van der Waals surface area contributed by atoms with Gasteiger partial charge in [-0.25, -0.2) is 0 Å². The van der Waals surface area contributed by atoms with Crippen LogP contribution in [0.25, 0.3) is 5.57 Å². The first-order valence-electron chi connectivity index (χ1n) is 17.7. The number of hydrogen-bond donors (Lipinski definition) is 2. The molecule has 236 valence electrons. The van der Waals surface area contributed by atoms with Gasteiger partial charge in [0.2, 0.25) is 5.91 Å². The molecule has 6 rings (SSSR count). The van der Waals surface area contributed by atoms with Crippen molar-refractivity contribution < 1.29 is 4.79 Å². The first-order chi connectivity index (χ1) is 20.3. The van der Waals surface area contributed by atoms with Crippen molar-refractivity contribution in [2.24, 2.45) is 62.4 Å². The number of aryl methyl sites for hydroxylation is 1. The number of allylic oxidation sites excluding steroid dienone is 3. The van der Waals surface area contributed by atoms with Gasteiger partial charge in [-0.1, -0.05) is 82.7 Å². The second-order valence-electron chi connectivity index (χ2n) is 17.1. The van der Waals surface area contributed by atoms with E-state index in [1.54, 1.807) is 5.57 Å². The first-order valence-corrected chi connectivity index (χ1v) is 17.7. The Morgan fingerprint density at radius 3 is 2.33 bits per heavy atom. The molecule has 4 saturated carbocycles. The van der Waals surface area contributed by atoms with Gasteiger partial charge in [0.1, 0.15) is 0 Å². The highest BCUT2D eigenvalue weighted by molar-refractivity contribution is 5.84. The zero-order valence-corrected chi connectivity index (χ0v) is 28.5. The average Bonchev–Trinajstić information content (AvgIpc) is 3.35. The maximum absolute atomic E-state index is 14.1.